The lowest BCUT2D eigenvalue weighted by Crippen LogP contribution is -2.30. The molecule has 0 bridgehead atoms. The summed E-state index contributed by atoms with van der Waals surface area (Å²) in [5, 5.41) is 0. The zero-order valence-electron chi connectivity index (χ0n) is 43.1. The fourth-order valence-corrected chi connectivity index (χ4v) is 8.36. The first-order valence-corrected chi connectivity index (χ1v) is 28.3. The monoisotopic (exact) mass is 901 g/mol. The van der Waals surface area contributed by atoms with Gasteiger partial charge in [-0.1, -0.05) is 251 Å². The van der Waals surface area contributed by atoms with Gasteiger partial charge in [0.15, 0.2) is 6.10 Å². The van der Waals surface area contributed by atoms with Gasteiger partial charge in [0.1, 0.15) is 13.2 Å². The van der Waals surface area contributed by atoms with Crippen LogP contribution in [0.1, 0.15) is 310 Å². The third-order valence-electron chi connectivity index (χ3n) is 12.7. The van der Waals surface area contributed by atoms with E-state index in [2.05, 4.69) is 45.1 Å². The Kier molecular flexibility index (Phi) is 51.7. The number of allylic oxidation sites excluding steroid dienone is 4. The summed E-state index contributed by atoms with van der Waals surface area (Å²) in [5.41, 5.74) is 0. The number of hydrogen-bond acceptors (Lipinski definition) is 6. The van der Waals surface area contributed by atoms with Crippen LogP contribution >= 0.6 is 0 Å². The Hall–Kier alpha value is -2.11. The van der Waals surface area contributed by atoms with Gasteiger partial charge < -0.3 is 14.2 Å². The molecular weight excluding hydrogens is 793 g/mol. The summed E-state index contributed by atoms with van der Waals surface area (Å²) in [6.07, 6.45) is 61.7. The summed E-state index contributed by atoms with van der Waals surface area (Å²) >= 11 is 0. The van der Waals surface area contributed by atoms with Gasteiger partial charge in [0.05, 0.1) is 0 Å². The van der Waals surface area contributed by atoms with E-state index in [4.69, 9.17) is 14.2 Å². The molecule has 6 nitrogen and oxygen atoms in total. The average Bonchev–Trinajstić information content (AvgIpc) is 3.29. The van der Waals surface area contributed by atoms with Crippen LogP contribution in [0.2, 0.25) is 0 Å². The molecule has 0 N–H and O–H groups in total. The lowest BCUT2D eigenvalue weighted by molar-refractivity contribution is -0.167. The first-order chi connectivity index (χ1) is 31.5. The third kappa shape index (κ3) is 50.9. The second kappa shape index (κ2) is 53.5. The molecule has 0 radical (unpaired) electrons. The van der Waals surface area contributed by atoms with Crippen LogP contribution in [-0.2, 0) is 28.6 Å². The average molecular weight is 901 g/mol. The number of esters is 3. The van der Waals surface area contributed by atoms with Crippen molar-refractivity contribution in [2.75, 3.05) is 13.2 Å². The highest BCUT2D eigenvalue weighted by Gasteiger charge is 2.19. The lowest BCUT2D eigenvalue weighted by atomic mass is 10.0. The summed E-state index contributed by atoms with van der Waals surface area (Å²) in [4.78, 5) is 38.0. The van der Waals surface area contributed by atoms with Gasteiger partial charge >= 0.3 is 17.9 Å². The summed E-state index contributed by atoms with van der Waals surface area (Å²) in [6.45, 7) is 6.62. The van der Waals surface area contributed by atoms with Gasteiger partial charge in [-0.05, 0) is 64.2 Å². The maximum absolute atomic E-state index is 12.8. The molecule has 0 saturated heterocycles. The van der Waals surface area contributed by atoms with Crippen LogP contribution in [-0.4, -0.2) is 37.2 Å². The third-order valence-corrected chi connectivity index (χ3v) is 12.7. The molecule has 1 unspecified atom stereocenters. The number of carbonyl (C=O) groups is 3. The Bertz CT molecular complexity index is 1040. The number of rotatable bonds is 52. The predicted molar refractivity (Wildman–Crippen MR) is 275 cm³/mol. The Morgan fingerprint density at radius 3 is 0.828 bits per heavy atom. The first-order valence-electron chi connectivity index (χ1n) is 28.3. The van der Waals surface area contributed by atoms with Gasteiger partial charge in [0, 0.05) is 19.3 Å². The van der Waals surface area contributed by atoms with Crippen molar-refractivity contribution in [2.24, 2.45) is 0 Å². The summed E-state index contributed by atoms with van der Waals surface area (Å²) in [6, 6.07) is 0. The molecule has 6 heteroatoms. The molecule has 0 aliphatic rings. The standard InChI is InChI=1S/C58H108O6/c1-4-7-10-13-16-19-22-24-26-27-28-29-30-32-33-36-39-42-45-48-51-57(60)63-54-55(53-62-56(59)50-47-44-41-38-35-21-18-15-12-9-6-3)64-58(61)52-49-46-43-40-37-34-31-25-23-20-17-14-11-8-5-2/h15,18,25,31,55H,4-14,16-17,19-24,26-30,32-54H2,1-3H3/b18-15-,31-25-. The Morgan fingerprint density at radius 1 is 0.297 bits per heavy atom. The van der Waals surface area contributed by atoms with Crippen molar-refractivity contribution in [3.63, 3.8) is 0 Å². The fourth-order valence-electron chi connectivity index (χ4n) is 8.36. The molecule has 0 rings (SSSR count). The maximum atomic E-state index is 12.8. The van der Waals surface area contributed by atoms with E-state index >= 15 is 0 Å². The van der Waals surface area contributed by atoms with Gasteiger partial charge in [-0.15, -0.1) is 0 Å². The predicted octanol–water partition coefficient (Wildman–Crippen LogP) is 18.7. The van der Waals surface area contributed by atoms with Crippen molar-refractivity contribution < 1.29 is 28.6 Å². The maximum Gasteiger partial charge on any atom is 0.306 e. The van der Waals surface area contributed by atoms with Gasteiger partial charge in [-0.2, -0.15) is 0 Å². The number of ether oxygens (including phenoxy) is 3. The van der Waals surface area contributed by atoms with E-state index in [1.165, 1.54) is 199 Å². The van der Waals surface area contributed by atoms with Crippen LogP contribution in [0, 0.1) is 0 Å². The molecule has 0 fully saturated rings. The van der Waals surface area contributed by atoms with Crippen molar-refractivity contribution in [1.29, 1.82) is 0 Å². The largest absolute Gasteiger partial charge is 0.462 e. The number of hydrogen-bond donors (Lipinski definition) is 0. The molecule has 0 heterocycles. The molecule has 0 amide bonds. The van der Waals surface area contributed by atoms with E-state index in [0.717, 1.165) is 70.6 Å². The van der Waals surface area contributed by atoms with Crippen molar-refractivity contribution in [3.05, 3.63) is 24.3 Å². The zero-order chi connectivity index (χ0) is 46.5. The molecule has 376 valence electrons. The molecule has 0 aromatic rings. The first kappa shape index (κ1) is 61.9. The fraction of sp³-hybridized carbons (Fsp3) is 0.879. The molecule has 0 aromatic carbocycles. The summed E-state index contributed by atoms with van der Waals surface area (Å²) in [7, 11) is 0. The van der Waals surface area contributed by atoms with E-state index in [1.807, 2.05) is 0 Å². The molecule has 0 aliphatic carbocycles. The van der Waals surface area contributed by atoms with Crippen LogP contribution in [0.3, 0.4) is 0 Å². The van der Waals surface area contributed by atoms with Crippen LogP contribution in [0.25, 0.3) is 0 Å². The van der Waals surface area contributed by atoms with Gasteiger partial charge in [0.25, 0.3) is 0 Å². The minimum Gasteiger partial charge on any atom is -0.462 e. The molecular formula is C58H108O6. The Morgan fingerprint density at radius 2 is 0.531 bits per heavy atom. The summed E-state index contributed by atoms with van der Waals surface area (Å²) in [5.74, 6) is -0.875. The number of unbranched alkanes of at least 4 members (excludes halogenated alkanes) is 37. The van der Waals surface area contributed by atoms with Gasteiger partial charge in [-0.3, -0.25) is 14.4 Å². The van der Waals surface area contributed by atoms with Crippen LogP contribution in [0.5, 0.6) is 0 Å². The summed E-state index contributed by atoms with van der Waals surface area (Å²) < 4.78 is 16.8. The van der Waals surface area contributed by atoms with Gasteiger partial charge in [-0.25, -0.2) is 0 Å². The van der Waals surface area contributed by atoms with E-state index < -0.39 is 6.10 Å². The van der Waals surface area contributed by atoms with Crippen molar-refractivity contribution in [3.8, 4) is 0 Å². The lowest BCUT2D eigenvalue weighted by Gasteiger charge is -2.18. The van der Waals surface area contributed by atoms with Crippen LogP contribution < -0.4 is 0 Å². The smallest absolute Gasteiger partial charge is 0.306 e. The van der Waals surface area contributed by atoms with E-state index in [9.17, 15) is 14.4 Å². The topological polar surface area (TPSA) is 78.9 Å². The van der Waals surface area contributed by atoms with Gasteiger partial charge in [0.2, 0.25) is 0 Å². The van der Waals surface area contributed by atoms with E-state index in [1.54, 1.807) is 0 Å². The molecule has 1 atom stereocenters. The molecule has 0 aromatic heterocycles. The minimum absolute atomic E-state index is 0.0731. The second-order valence-electron chi connectivity index (χ2n) is 19.2. The minimum atomic E-state index is -0.774. The van der Waals surface area contributed by atoms with E-state index in [0.29, 0.717) is 19.3 Å². The van der Waals surface area contributed by atoms with Crippen molar-refractivity contribution >= 4 is 17.9 Å². The Labute approximate surface area is 398 Å². The van der Waals surface area contributed by atoms with Crippen molar-refractivity contribution in [2.45, 2.75) is 316 Å². The second-order valence-corrected chi connectivity index (χ2v) is 19.2. The molecule has 0 spiro atoms. The van der Waals surface area contributed by atoms with Crippen LogP contribution in [0.15, 0.2) is 24.3 Å². The Balaban J connectivity index is 4.27. The highest BCUT2D eigenvalue weighted by Crippen LogP contribution is 2.17. The van der Waals surface area contributed by atoms with Crippen molar-refractivity contribution in [1.82, 2.24) is 0 Å². The zero-order valence-corrected chi connectivity index (χ0v) is 43.1. The normalized spacial score (nSPS) is 12.1. The quantitative estimate of drug-likeness (QED) is 0.0262. The van der Waals surface area contributed by atoms with E-state index in [-0.39, 0.29) is 31.1 Å². The highest BCUT2D eigenvalue weighted by atomic mass is 16.6. The number of carbonyl (C=O) groups excluding carboxylic acids is 3. The van der Waals surface area contributed by atoms with Crippen LogP contribution in [0.4, 0.5) is 0 Å². The SMILES string of the molecule is CCCC/C=C\CCCCCCCC(=O)OCC(COC(=O)CCCCCCCCCCCCCCCCCCCCCC)OC(=O)CCCCCCC/C=C\CCCCCCCC. The highest BCUT2D eigenvalue weighted by molar-refractivity contribution is 5.71. The molecule has 0 saturated carbocycles. The molecule has 0 aliphatic heterocycles. The molecule has 64 heavy (non-hydrogen) atoms.